The van der Waals surface area contributed by atoms with Crippen molar-refractivity contribution >= 4 is 23.0 Å². The van der Waals surface area contributed by atoms with Crippen LogP contribution in [-0.2, 0) is 16.5 Å². The molecule has 0 saturated heterocycles. The number of anilines is 1. The maximum atomic E-state index is 5.73. The topological polar surface area (TPSA) is 74.3 Å². The highest BCUT2D eigenvalue weighted by atomic mass is 32.1. The molecule has 1 aromatic heterocycles. The van der Waals surface area contributed by atoms with Gasteiger partial charge in [-0.15, -0.1) is 0 Å². The van der Waals surface area contributed by atoms with Crippen molar-refractivity contribution < 1.29 is 9.47 Å². The van der Waals surface area contributed by atoms with Crippen LogP contribution in [0.2, 0.25) is 0 Å². The second-order valence-corrected chi connectivity index (χ2v) is 4.98. The van der Waals surface area contributed by atoms with Crippen molar-refractivity contribution in [2.75, 3.05) is 38.8 Å². The van der Waals surface area contributed by atoms with Crippen LogP contribution in [0, 0.1) is 6.92 Å². The van der Waals surface area contributed by atoms with E-state index in [1.165, 1.54) is 0 Å². The lowest BCUT2D eigenvalue weighted by Gasteiger charge is -2.09. The second-order valence-electron chi connectivity index (χ2n) is 4.54. The van der Waals surface area contributed by atoms with Crippen LogP contribution in [0.25, 0.3) is 0 Å². The largest absolute Gasteiger partial charge is 0.389 e. The Labute approximate surface area is 125 Å². The summed E-state index contributed by atoms with van der Waals surface area (Å²) in [5, 5.41) is 7.67. The predicted molar refractivity (Wildman–Crippen MR) is 84.3 cm³/mol. The summed E-state index contributed by atoms with van der Waals surface area (Å²) in [6.07, 6.45) is 2.00. The number of rotatable bonds is 10. The minimum atomic E-state index is 0.376. The Morgan fingerprint density at radius 2 is 2.10 bits per heavy atom. The normalized spacial score (nSPS) is 10.8. The van der Waals surface area contributed by atoms with E-state index in [2.05, 4.69) is 10.4 Å². The van der Waals surface area contributed by atoms with Crippen LogP contribution in [0.4, 0.5) is 5.82 Å². The Bertz CT molecular complexity index is 434. The average Bonchev–Trinajstić information content (AvgIpc) is 2.67. The zero-order valence-corrected chi connectivity index (χ0v) is 13.3. The van der Waals surface area contributed by atoms with Crippen molar-refractivity contribution in [2.24, 2.45) is 12.8 Å². The van der Waals surface area contributed by atoms with Gasteiger partial charge < -0.3 is 20.5 Å². The van der Waals surface area contributed by atoms with E-state index >= 15 is 0 Å². The third kappa shape index (κ3) is 5.07. The molecule has 0 radical (unpaired) electrons. The van der Waals surface area contributed by atoms with Gasteiger partial charge in [-0.3, -0.25) is 4.68 Å². The quantitative estimate of drug-likeness (QED) is 0.500. The molecule has 0 unspecified atom stereocenters. The van der Waals surface area contributed by atoms with Gasteiger partial charge in [0.25, 0.3) is 0 Å². The lowest BCUT2D eigenvalue weighted by atomic mass is 10.2. The van der Waals surface area contributed by atoms with E-state index in [4.69, 9.17) is 27.4 Å². The summed E-state index contributed by atoms with van der Waals surface area (Å²) < 4.78 is 12.1. The summed E-state index contributed by atoms with van der Waals surface area (Å²) >= 11 is 5.06. The number of hydrogen-bond acceptors (Lipinski definition) is 5. The lowest BCUT2D eigenvalue weighted by molar-refractivity contribution is 0.0691. The molecule has 114 valence electrons. The first-order valence-electron chi connectivity index (χ1n) is 6.72. The van der Waals surface area contributed by atoms with E-state index in [0.717, 1.165) is 43.1 Å². The Hall–Kier alpha value is -1.18. The predicted octanol–water partition coefficient (Wildman–Crippen LogP) is 1.22. The summed E-state index contributed by atoms with van der Waals surface area (Å²) in [4.78, 5) is 0.376. The SMILES string of the molecule is COCCOCCCCNc1c(C(N)=S)c(C)nn1C. The zero-order valence-electron chi connectivity index (χ0n) is 12.4. The van der Waals surface area contributed by atoms with Crippen LogP contribution >= 0.6 is 12.2 Å². The first kappa shape index (κ1) is 16.9. The smallest absolute Gasteiger partial charge is 0.134 e. The molecule has 0 saturated carbocycles. The summed E-state index contributed by atoms with van der Waals surface area (Å²) in [5.74, 6) is 0.885. The first-order valence-corrected chi connectivity index (χ1v) is 7.12. The fraction of sp³-hybridized carbons (Fsp3) is 0.692. The van der Waals surface area contributed by atoms with E-state index in [1.807, 2.05) is 14.0 Å². The number of ether oxygens (including phenoxy) is 2. The molecule has 1 aromatic rings. The van der Waals surface area contributed by atoms with Gasteiger partial charge in [0, 0.05) is 27.3 Å². The van der Waals surface area contributed by atoms with Crippen LogP contribution in [0.3, 0.4) is 0 Å². The second kappa shape index (κ2) is 8.89. The number of aromatic nitrogens is 2. The van der Waals surface area contributed by atoms with Gasteiger partial charge in [-0.1, -0.05) is 12.2 Å². The van der Waals surface area contributed by atoms with Gasteiger partial charge in [-0.2, -0.15) is 5.10 Å². The van der Waals surface area contributed by atoms with Gasteiger partial charge in [-0.05, 0) is 19.8 Å². The summed E-state index contributed by atoms with van der Waals surface area (Å²) in [6, 6.07) is 0. The number of unbranched alkanes of at least 4 members (excludes halogenated alkanes) is 1. The molecule has 0 aliphatic heterocycles. The van der Waals surface area contributed by atoms with Gasteiger partial charge in [0.1, 0.15) is 10.8 Å². The van der Waals surface area contributed by atoms with Crippen molar-refractivity contribution in [1.29, 1.82) is 0 Å². The van der Waals surface area contributed by atoms with E-state index in [1.54, 1.807) is 11.8 Å². The standard InChI is InChI=1S/C13H24N4O2S/c1-10-11(12(14)20)13(17(2)16-10)15-6-4-5-7-19-9-8-18-3/h15H,4-9H2,1-3H3,(H2,14,20). The molecule has 0 aliphatic carbocycles. The van der Waals surface area contributed by atoms with Crippen LogP contribution in [-0.4, -0.2) is 48.2 Å². The molecule has 20 heavy (non-hydrogen) atoms. The van der Waals surface area contributed by atoms with Gasteiger partial charge in [0.2, 0.25) is 0 Å². The maximum absolute atomic E-state index is 5.73. The fourth-order valence-electron chi connectivity index (χ4n) is 1.94. The molecule has 0 fully saturated rings. The van der Waals surface area contributed by atoms with Crippen LogP contribution in [0.1, 0.15) is 24.1 Å². The number of nitrogens with one attached hydrogen (secondary N) is 1. The first-order chi connectivity index (χ1) is 9.57. The fourth-order valence-corrected chi connectivity index (χ4v) is 2.18. The highest BCUT2D eigenvalue weighted by Crippen LogP contribution is 2.18. The molecular weight excluding hydrogens is 276 g/mol. The van der Waals surface area contributed by atoms with Crippen molar-refractivity contribution in [3.05, 3.63) is 11.3 Å². The number of nitrogens with zero attached hydrogens (tertiary/aromatic N) is 2. The van der Waals surface area contributed by atoms with Crippen LogP contribution in [0.15, 0.2) is 0 Å². The molecule has 3 N–H and O–H groups in total. The monoisotopic (exact) mass is 300 g/mol. The van der Waals surface area contributed by atoms with Gasteiger partial charge >= 0.3 is 0 Å². The molecule has 7 heteroatoms. The average molecular weight is 300 g/mol. The van der Waals surface area contributed by atoms with Gasteiger partial charge in [0.05, 0.1) is 24.5 Å². The number of hydrogen-bond donors (Lipinski definition) is 2. The Morgan fingerprint density at radius 1 is 1.35 bits per heavy atom. The zero-order chi connectivity index (χ0) is 15.0. The minimum Gasteiger partial charge on any atom is -0.389 e. The van der Waals surface area contributed by atoms with Crippen LogP contribution < -0.4 is 11.1 Å². The van der Waals surface area contributed by atoms with Gasteiger partial charge in [-0.25, -0.2) is 0 Å². The highest BCUT2D eigenvalue weighted by Gasteiger charge is 2.14. The molecule has 0 amide bonds. The Morgan fingerprint density at radius 3 is 2.75 bits per heavy atom. The molecule has 0 spiro atoms. The van der Waals surface area contributed by atoms with Crippen LogP contribution in [0.5, 0.6) is 0 Å². The molecule has 6 nitrogen and oxygen atoms in total. The minimum absolute atomic E-state index is 0.376. The summed E-state index contributed by atoms with van der Waals surface area (Å²) in [5.41, 5.74) is 7.42. The third-order valence-electron chi connectivity index (χ3n) is 2.91. The molecule has 0 aliphatic rings. The van der Waals surface area contributed by atoms with E-state index in [-0.39, 0.29) is 0 Å². The highest BCUT2D eigenvalue weighted by molar-refractivity contribution is 7.80. The van der Waals surface area contributed by atoms with Crippen molar-refractivity contribution in [2.45, 2.75) is 19.8 Å². The molecule has 0 bridgehead atoms. The summed E-state index contributed by atoms with van der Waals surface area (Å²) in [6.45, 7) is 4.78. The van der Waals surface area contributed by atoms with Crippen molar-refractivity contribution in [3.8, 4) is 0 Å². The molecule has 0 aromatic carbocycles. The third-order valence-corrected chi connectivity index (χ3v) is 3.11. The molecule has 1 heterocycles. The van der Waals surface area contributed by atoms with E-state index < -0.39 is 0 Å². The molecular formula is C13H24N4O2S. The number of methoxy groups -OCH3 is 1. The lowest BCUT2D eigenvalue weighted by Crippen LogP contribution is -2.15. The number of nitrogens with two attached hydrogens (primary N) is 1. The van der Waals surface area contributed by atoms with E-state index in [9.17, 15) is 0 Å². The van der Waals surface area contributed by atoms with Crippen molar-refractivity contribution in [1.82, 2.24) is 9.78 Å². The van der Waals surface area contributed by atoms with E-state index in [0.29, 0.717) is 18.2 Å². The number of thiocarbonyl (C=S) groups is 1. The van der Waals surface area contributed by atoms with Crippen molar-refractivity contribution in [3.63, 3.8) is 0 Å². The Balaban J connectivity index is 2.30. The number of aryl methyl sites for hydroxylation is 2. The molecule has 1 rings (SSSR count). The maximum Gasteiger partial charge on any atom is 0.134 e. The molecule has 0 atom stereocenters. The van der Waals surface area contributed by atoms with Gasteiger partial charge in [0.15, 0.2) is 0 Å². The summed E-state index contributed by atoms with van der Waals surface area (Å²) in [7, 11) is 3.55. The Kier molecular flexibility index (Phi) is 7.50.